The Kier molecular flexibility index (Phi) is 3.57. The molecule has 0 aliphatic heterocycles. The number of aromatic amines is 1. The van der Waals surface area contributed by atoms with Gasteiger partial charge in [0.05, 0.1) is 18.3 Å². The molecule has 3 aromatic rings. The van der Waals surface area contributed by atoms with Gasteiger partial charge in [-0.2, -0.15) is 0 Å². The van der Waals surface area contributed by atoms with Gasteiger partial charge in [0.15, 0.2) is 0 Å². The van der Waals surface area contributed by atoms with Gasteiger partial charge in [0.1, 0.15) is 5.75 Å². The number of benzene rings is 1. The van der Waals surface area contributed by atoms with Crippen LogP contribution in [0.25, 0.3) is 21.8 Å². The summed E-state index contributed by atoms with van der Waals surface area (Å²) in [4.78, 5) is 7.77. The highest BCUT2D eigenvalue weighted by molar-refractivity contribution is 6.65. The molecule has 2 aromatic heterocycles. The van der Waals surface area contributed by atoms with Crippen LogP contribution in [0.1, 0.15) is 5.69 Å². The van der Waals surface area contributed by atoms with Crippen molar-refractivity contribution in [2.75, 3.05) is 21.3 Å². The first-order valence-corrected chi connectivity index (χ1v) is 6.70. The van der Waals surface area contributed by atoms with Crippen LogP contribution in [-0.2, 0) is 9.31 Å². The maximum Gasteiger partial charge on any atom is 0.499 e. The quantitative estimate of drug-likeness (QED) is 0.745. The van der Waals surface area contributed by atoms with Crippen LogP contribution < -0.4 is 10.2 Å². The lowest BCUT2D eigenvalue weighted by molar-refractivity contribution is 0.290. The molecule has 5 nitrogen and oxygen atoms in total. The van der Waals surface area contributed by atoms with Gasteiger partial charge < -0.3 is 19.0 Å². The molecule has 21 heavy (non-hydrogen) atoms. The smallest absolute Gasteiger partial charge is 0.497 e. The minimum absolute atomic E-state index is 0.495. The lowest BCUT2D eigenvalue weighted by atomic mass is 9.77. The van der Waals surface area contributed by atoms with Crippen molar-refractivity contribution in [3.05, 3.63) is 30.1 Å². The number of aromatic nitrogens is 2. The Hall–Kier alpha value is -2.05. The van der Waals surface area contributed by atoms with Gasteiger partial charge in [0, 0.05) is 42.2 Å². The Morgan fingerprint density at radius 2 is 1.71 bits per heavy atom. The Bertz CT molecular complexity index is 796. The van der Waals surface area contributed by atoms with Crippen LogP contribution in [0.2, 0.25) is 0 Å². The van der Waals surface area contributed by atoms with E-state index in [0.29, 0.717) is 0 Å². The molecule has 0 radical (unpaired) electrons. The summed E-state index contributed by atoms with van der Waals surface area (Å²) in [7, 11) is 4.37. The zero-order valence-corrected chi connectivity index (χ0v) is 12.6. The lowest BCUT2D eigenvalue weighted by Gasteiger charge is -2.14. The molecule has 0 atom stereocenters. The Morgan fingerprint density at radius 1 is 1.00 bits per heavy atom. The van der Waals surface area contributed by atoms with Gasteiger partial charge in [-0.15, -0.1) is 0 Å². The van der Waals surface area contributed by atoms with Crippen LogP contribution >= 0.6 is 0 Å². The van der Waals surface area contributed by atoms with E-state index in [4.69, 9.17) is 14.0 Å². The second kappa shape index (κ2) is 5.39. The van der Waals surface area contributed by atoms with Crippen molar-refractivity contribution >= 4 is 34.4 Å². The molecule has 0 aliphatic carbocycles. The molecule has 0 saturated carbocycles. The summed E-state index contributed by atoms with van der Waals surface area (Å²) < 4.78 is 16.3. The number of nitrogens with one attached hydrogen (secondary N) is 1. The van der Waals surface area contributed by atoms with Gasteiger partial charge >= 0.3 is 7.12 Å². The fourth-order valence-electron chi connectivity index (χ4n) is 2.78. The number of pyridine rings is 1. The highest BCUT2D eigenvalue weighted by Gasteiger charge is 2.27. The molecular formula is C15H17BN2O3. The number of hydrogen-bond donors (Lipinski definition) is 1. The third-order valence-electron chi connectivity index (χ3n) is 3.77. The Morgan fingerprint density at radius 3 is 2.38 bits per heavy atom. The molecule has 0 aliphatic rings. The molecule has 1 aromatic carbocycles. The van der Waals surface area contributed by atoms with Crippen molar-refractivity contribution in [1.82, 2.24) is 9.97 Å². The predicted molar refractivity (Wildman–Crippen MR) is 84.3 cm³/mol. The van der Waals surface area contributed by atoms with Crippen molar-refractivity contribution in [1.29, 1.82) is 0 Å². The highest BCUT2D eigenvalue weighted by atomic mass is 16.6. The molecule has 0 amide bonds. The van der Waals surface area contributed by atoms with Crippen LogP contribution in [0, 0.1) is 6.92 Å². The van der Waals surface area contributed by atoms with E-state index in [0.717, 1.165) is 38.7 Å². The van der Waals surface area contributed by atoms with E-state index >= 15 is 0 Å². The summed E-state index contributed by atoms with van der Waals surface area (Å²) >= 11 is 0. The highest BCUT2D eigenvalue weighted by Crippen LogP contribution is 2.28. The van der Waals surface area contributed by atoms with Gasteiger partial charge in [0.25, 0.3) is 0 Å². The largest absolute Gasteiger partial charge is 0.499 e. The average molecular weight is 284 g/mol. The summed E-state index contributed by atoms with van der Waals surface area (Å²) in [6, 6.07) is 5.98. The maximum absolute atomic E-state index is 5.47. The van der Waals surface area contributed by atoms with Crippen LogP contribution in [0.5, 0.6) is 5.75 Å². The fraction of sp³-hybridized carbons (Fsp3) is 0.267. The standard InChI is InChI=1S/C15H17BN2O3/c1-9-14-11(7-8-17-9)10-5-6-12(19-2)13(15(10)18-14)16(20-3)21-4/h5-8,18H,1-4H3. The molecule has 0 unspecified atom stereocenters. The van der Waals surface area contributed by atoms with E-state index in [1.165, 1.54) is 0 Å². The van der Waals surface area contributed by atoms with Crippen LogP contribution in [0.15, 0.2) is 24.4 Å². The van der Waals surface area contributed by atoms with E-state index in [1.807, 2.05) is 31.3 Å². The number of H-pyrrole nitrogens is 1. The van der Waals surface area contributed by atoms with Crippen molar-refractivity contribution in [3.8, 4) is 5.75 Å². The van der Waals surface area contributed by atoms with Crippen molar-refractivity contribution in [2.45, 2.75) is 6.92 Å². The minimum atomic E-state index is -0.495. The zero-order valence-electron chi connectivity index (χ0n) is 12.6. The first kappa shape index (κ1) is 13.9. The third-order valence-corrected chi connectivity index (χ3v) is 3.77. The molecule has 2 heterocycles. The molecule has 0 bridgehead atoms. The first-order chi connectivity index (χ1) is 10.2. The molecule has 1 N–H and O–H groups in total. The van der Waals surface area contributed by atoms with Gasteiger partial charge in [-0.05, 0) is 25.1 Å². The number of fused-ring (bicyclic) bond motifs is 3. The zero-order chi connectivity index (χ0) is 15.0. The molecule has 108 valence electrons. The topological polar surface area (TPSA) is 56.4 Å². The predicted octanol–water partition coefficient (Wildman–Crippen LogP) is 2.02. The van der Waals surface area contributed by atoms with E-state index < -0.39 is 7.12 Å². The SMILES string of the molecule is COB(OC)c1c(OC)ccc2c1[nH]c1c(C)nccc12. The number of methoxy groups -OCH3 is 1. The van der Waals surface area contributed by atoms with E-state index in [-0.39, 0.29) is 0 Å². The van der Waals surface area contributed by atoms with Crippen molar-refractivity contribution < 1.29 is 14.0 Å². The second-order valence-corrected chi connectivity index (χ2v) is 4.85. The van der Waals surface area contributed by atoms with Gasteiger partial charge in [-0.3, -0.25) is 4.98 Å². The maximum atomic E-state index is 5.47. The first-order valence-electron chi connectivity index (χ1n) is 6.70. The van der Waals surface area contributed by atoms with Gasteiger partial charge in [-0.1, -0.05) is 0 Å². The van der Waals surface area contributed by atoms with Crippen molar-refractivity contribution in [3.63, 3.8) is 0 Å². The summed E-state index contributed by atoms with van der Waals surface area (Å²) in [5.41, 5.74) is 3.79. The number of ether oxygens (including phenoxy) is 1. The minimum Gasteiger partial charge on any atom is -0.497 e. The Balaban J connectivity index is 2.42. The molecular weight excluding hydrogens is 267 g/mol. The molecule has 0 spiro atoms. The number of rotatable bonds is 4. The van der Waals surface area contributed by atoms with Gasteiger partial charge in [-0.25, -0.2) is 0 Å². The summed E-state index contributed by atoms with van der Waals surface area (Å²) in [6.07, 6.45) is 1.82. The number of nitrogens with zero attached hydrogens (tertiary/aromatic N) is 1. The molecule has 0 fully saturated rings. The van der Waals surface area contributed by atoms with Gasteiger partial charge in [0.2, 0.25) is 0 Å². The van der Waals surface area contributed by atoms with E-state index in [1.54, 1.807) is 21.3 Å². The molecule has 3 rings (SSSR count). The average Bonchev–Trinajstić information content (AvgIpc) is 2.89. The van der Waals surface area contributed by atoms with E-state index in [9.17, 15) is 0 Å². The summed E-state index contributed by atoms with van der Waals surface area (Å²) in [6.45, 7) is 1.98. The van der Waals surface area contributed by atoms with Crippen LogP contribution in [0.4, 0.5) is 0 Å². The van der Waals surface area contributed by atoms with Crippen LogP contribution in [0.3, 0.4) is 0 Å². The Labute approximate surface area is 123 Å². The summed E-state index contributed by atoms with van der Waals surface area (Å²) in [5, 5.41) is 2.23. The van der Waals surface area contributed by atoms with Crippen molar-refractivity contribution in [2.24, 2.45) is 0 Å². The normalized spacial score (nSPS) is 11.2. The van der Waals surface area contributed by atoms with Crippen LogP contribution in [-0.4, -0.2) is 38.4 Å². The lowest BCUT2D eigenvalue weighted by Crippen LogP contribution is -2.36. The monoisotopic (exact) mass is 284 g/mol. The fourth-order valence-corrected chi connectivity index (χ4v) is 2.78. The molecule has 0 saturated heterocycles. The number of hydrogen-bond acceptors (Lipinski definition) is 4. The second-order valence-electron chi connectivity index (χ2n) is 4.85. The summed E-state index contributed by atoms with van der Waals surface area (Å²) in [5.74, 6) is 0.730. The molecule has 6 heteroatoms. The number of aryl methyl sites for hydroxylation is 1. The third kappa shape index (κ3) is 2.07. The van der Waals surface area contributed by atoms with E-state index in [2.05, 4.69) is 9.97 Å².